The second kappa shape index (κ2) is 5.90. The minimum atomic E-state index is -0.611. The van der Waals surface area contributed by atoms with E-state index in [1.54, 1.807) is 6.07 Å². The van der Waals surface area contributed by atoms with Crippen molar-refractivity contribution in [1.29, 1.82) is 0 Å². The summed E-state index contributed by atoms with van der Waals surface area (Å²) in [5.41, 5.74) is 0.0670. The number of anilines is 1. The molecule has 0 bridgehead atoms. The van der Waals surface area contributed by atoms with Gasteiger partial charge in [-0.3, -0.25) is 14.9 Å². The van der Waals surface area contributed by atoms with E-state index in [2.05, 4.69) is 5.32 Å². The Morgan fingerprint density at radius 1 is 1.10 bits per heavy atom. The molecule has 0 radical (unpaired) electrons. The van der Waals surface area contributed by atoms with E-state index >= 15 is 0 Å². The number of rotatable bonds is 3. The maximum absolute atomic E-state index is 12.1. The van der Waals surface area contributed by atoms with Gasteiger partial charge in [0.2, 0.25) is 0 Å². The monoisotopic (exact) mass is 310 g/mol. The Morgan fingerprint density at radius 3 is 2.30 bits per heavy atom. The van der Waals surface area contributed by atoms with Crippen LogP contribution in [0, 0.1) is 10.1 Å². The molecule has 0 atom stereocenters. The molecular formula is C13H8Cl2N2O3. The van der Waals surface area contributed by atoms with Crippen molar-refractivity contribution in [2.24, 2.45) is 0 Å². The summed E-state index contributed by atoms with van der Waals surface area (Å²) in [7, 11) is 0. The van der Waals surface area contributed by atoms with Crippen molar-refractivity contribution in [3.8, 4) is 0 Å². The number of carbonyl (C=O) groups excluding carboxylic acids is 1. The third-order valence-corrected chi connectivity index (χ3v) is 2.90. The second-order valence-corrected chi connectivity index (χ2v) is 4.76. The number of nitro groups is 1. The van der Waals surface area contributed by atoms with Crippen LogP contribution >= 0.6 is 23.2 Å². The zero-order valence-corrected chi connectivity index (χ0v) is 11.5. The third-order valence-electron chi connectivity index (χ3n) is 2.47. The van der Waals surface area contributed by atoms with Crippen LogP contribution in [-0.2, 0) is 0 Å². The summed E-state index contributed by atoms with van der Waals surface area (Å²) in [5, 5.41) is 14.1. The molecule has 2 aromatic carbocycles. The lowest BCUT2D eigenvalue weighted by atomic mass is 10.1. The smallest absolute Gasteiger partial charge is 0.282 e. The van der Waals surface area contributed by atoms with Gasteiger partial charge >= 0.3 is 0 Å². The quantitative estimate of drug-likeness (QED) is 0.683. The zero-order chi connectivity index (χ0) is 14.7. The molecule has 2 rings (SSSR count). The van der Waals surface area contributed by atoms with Crippen LogP contribution in [-0.4, -0.2) is 10.8 Å². The summed E-state index contributed by atoms with van der Waals surface area (Å²) in [6.45, 7) is 0. The predicted molar refractivity (Wildman–Crippen MR) is 77.5 cm³/mol. The molecule has 1 N–H and O–H groups in total. The van der Waals surface area contributed by atoms with Crippen LogP contribution in [0.3, 0.4) is 0 Å². The molecule has 1 amide bonds. The fraction of sp³-hybridized carbons (Fsp3) is 0. The molecule has 0 saturated carbocycles. The van der Waals surface area contributed by atoms with Crippen molar-refractivity contribution in [3.63, 3.8) is 0 Å². The van der Waals surface area contributed by atoms with Gasteiger partial charge in [-0.1, -0.05) is 35.3 Å². The highest BCUT2D eigenvalue weighted by molar-refractivity contribution is 6.35. The molecule has 0 unspecified atom stereocenters. The molecule has 0 saturated heterocycles. The molecule has 0 aliphatic heterocycles. The lowest BCUT2D eigenvalue weighted by molar-refractivity contribution is -0.385. The topological polar surface area (TPSA) is 72.2 Å². The van der Waals surface area contributed by atoms with Crippen molar-refractivity contribution in [3.05, 3.63) is 68.2 Å². The van der Waals surface area contributed by atoms with Gasteiger partial charge < -0.3 is 5.32 Å². The minimum Gasteiger partial charge on any atom is -0.322 e. The lowest BCUT2D eigenvalue weighted by Gasteiger charge is -2.06. The van der Waals surface area contributed by atoms with E-state index in [0.29, 0.717) is 15.7 Å². The van der Waals surface area contributed by atoms with E-state index in [9.17, 15) is 14.9 Å². The molecule has 5 nitrogen and oxygen atoms in total. The molecule has 20 heavy (non-hydrogen) atoms. The number of nitrogens with zero attached hydrogens (tertiary/aromatic N) is 1. The number of hydrogen-bond donors (Lipinski definition) is 1. The van der Waals surface area contributed by atoms with Gasteiger partial charge in [0, 0.05) is 21.8 Å². The van der Waals surface area contributed by atoms with Crippen LogP contribution in [0.2, 0.25) is 10.0 Å². The zero-order valence-electron chi connectivity index (χ0n) is 9.97. The molecule has 0 heterocycles. The highest BCUT2D eigenvalue weighted by Crippen LogP contribution is 2.24. The van der Waals surface area contributed by atoms with Crippen LogP contribution < -0.4 is 5.32 Å². The Labute approximate surface area is 124 Å². The number of benzene rings is 2. The Kier molecular flexibility index (Phi) is 4.22. The SMILES string of the molecule is O=C(Nc1cc(Cl)cc(Cl)c1)c1ccccc1[N+](=O)[O-]. The minimum absolute atomic E-state index is 0.0337. The predicted octanol–water partition coefficient (Wildman–Crippen LogP) is 4.15. The number of nitrogens with one attached hydrogen (secondary N) is 1. The average molecular weight is 311 g/mol. The largest absolute Gasteiger partial charge is 0.322 e. The van der Waals surface area contributed by atoms with Gasteiger partial charge in [-0.2, -0.15) is 0 Å². The molecule has 0 spiro atoms. The van der Waals surface area contributed by atoms with Crippen molar-refractivity contribution in [2.45, 2.75) is 0 Å². The molecular weight excluding hydrogens is 303 g/mol. The van der Waals surface area contributed by atoms with E-state index in [4.69, 9.17) is 23.2 Å². The fourth-order valence-electron chi connectivity index (χ4n) is 1.65. The van der Waals surface area contributed by atoms with Crippen LogP contribution in [0.5, 0.6) is 0 Å². The van der Waals surface area contributed by atoms with E-state index < -0.39 is 10.8 Å². The summed E-state index contributed by atoms with van der Waals surface area (Å²) in [6.07, 6.45) is 0. The van der Waals surface area contributed by atoms with Gasteiger partial charge in [0.15, 0.2) is 0 Å². The number of carbonyl (C=O) groups is 1. The van der Waals surface area contributed by atoms with Crippen LogP contribution in [0.25, 0.3) is 0 Å². The number of halogens is 2. The first-order chi connectivity index (χ1) is 9.47. The summed E-state index contributed by atoms with van der Waals surface area (Å²) >= 11 is 11.6. The molecule has 7 heteroatoms. The normalized spacial score (nSPS) is 10.1. The van der Waals surface area contributed by atoms with Gasteiger partial charge in [-0.05, 0) is 24.3 Å². The van der Waals surface area contributed by atoms with Gasteiger partial charge in [-0.25, -0.2) is 0 Å². The fourth-order valence-corrected chi connectivity index (χ4v) is 2.18. The summed E-state index contributed by atoms with van der Waals surface area (Å²) in [5.74, 6) is -0.601. The molecule has 2 aromatic rings. The van der Waals surface area contributed by atoms with E-state index in [1.807, 2.05) is 0 Å². The molecule has 0 aliphatic carbocycles. The molecule has 0 fully saturated rings. The number of nitro benzene ring substituents is 1. The van der Waals surface area contributed by atoms with Crippen molar-refractivity contribution in [1.82, 2.24) is 0 Å². The third kappa shape index (κ3) is 3.26. The Hall–Kier alpha value is -2.11. The Bertz CT molecular complexity index is 669. The van der Waals surface area contributed by atoms with Crippen molar-refractivity contribution in [2.75, 3.05) is 5.32 Å². The van der Waals surface area contributed by atoms with Gasteiger partial charge in [0.25, 0.3) is 11.6 Å². The standard InChI is InChI=1S/C13H8Cl2N2O3/c14-8-5-9(15)7-10(6-8)16-13(18)11-3-1-2-4-12(11)17(19)20/h1-7H,(H,16,18). The summed E-state index contributed by atoms with van der Waals surface area (Å²) < 4.78 is 0. The number of para-hydroxylation sites is 1. The van der Waals surface area contributed by atoms with Crippen LogP contribution in [0.15, 0.2) is 42.5 Å². The summed E-state index contributed by atoms with van der Waals surface area (Å²) in [4.78, 5) is 22.3. The molecule has 0 aromatic heterocycles. The van der Waals surface area contributed by atoms with Gasteiger partial charge in [0.1, 0.15) is 5.56 Å². The van der Waals surface area contributed by atoms with Crippen molar-refractivity contribution < 1.29 is 9.72 Å². The Morgan fingerprint density at radius 2 is 1.70 bits per heavy atom. The van der Waals surface area contributed by atoms with Crippen molar-refractivity contribution >= 4 is 40.5 Å². The first-order valence-corrected chi connectivity index (χ1v) is 6.24. The van der Waals surface area contributed by atoms with Gasteiger partial charge in [0.05, 0.1) is 4.92 Å². The average Bonchev–Trinajstić information content (AvgIpc) is 2.37. The van der Waals surface area contributed by atoms with E-state index in [0.717, 1.165) is 0 Å². The van der Waals surface area contributed by atoms with Gasteiger partial charge in [-0.15, -0.1) is 0 Å². The summed E-state index contributed by atoms with van der Waals surface area (Å²) in [6, 6.07) is 10.2. The first-order valence-electron chi connectivity index (χ1n) is 5.48. The van der Waals surface area contributed by atoms with E-state index in [1.165, 1.54) is 36.4 Å². The maximum Gasteiger partial charge on any atom is 0.282 e. The Balaban J connectivity index is 2.31. The molecule has 0 aliphatic rings. The van der Waals surface area contributed by atoms with E-state index in [-0.39, 0.29) is 11.3 Å². The highest BCUT2D eigenvalue weighted by Gasteiger charge is 2.19. The second-order valence-electron chi connectivity index (χ2n) is 3.89. The molecule has 102 valence electrons. The maximum atomic E-state index is 12.1. The van der Waals surface area contributed by atoms with Crippen LogP contribution in [0.4, 0.5) is 11.4 Å². The first kappa shape index (κ1) is 14.3. The number of hydrogen-bond acceptors (Lipinski definition) is 3. The number of amides is 1. The highest BCUT2D eigenvalue weighted by atomic mass is 35.5. The lowest BCUT2D eigenvalue weighted by Crippen LogP contribution is -2.13. The van der Waals surface area contributed by atoms with Crippen LogP contribution in [0.1, 0.15) is 10.4 Å².